The second-order valence-corrected chi connectivity index (χ2v) is 15.4. The van der Waals surface area contributed by atoms with E-state index in [1.54, 1.807) is 0 Å². The van der Waals surface area contributed by atoms with Crippen LogP contribution in [-0.4, -0.2) is 0 Å². The number of allylic oxidation sites excluding steroid dienone is 2. The van der Waals surface area contributed by atoms with Gasteiger partial charge in [0.15, 0.2) is 0 Å². The Bertz CT molecular complexity index is 3000. The Morgan fingerprint density at radius 1 is 0.518 bits per heavy atom. The van der Waals surface area contributed by atoms with Crippen molar-refractivity contribution in [2.75, 3.05) is 0 Å². The average Bonchev–Trinajstić information content (AvgIpc) is 3.65. The summed E-state index contributed by atoms with van der Waals surface area (Å²) in [6, 6.07) is 63.8. The summed E-state index contributed by atoms with van der Waals surface area (Å²) in [7, 11) is 0. The zero-order valence-corrected chi connectivity index (χ0v) is 32.0. The number of para-hydroxylation sites is 1. The molecule has 0 bridgehead atoms. The Labute approximate surface area is 328 Å². The minimum atomic E-state index is 0.0307. The lowest BCUT2D eigenvalue weighted by Crippen LogP contribution is -2.29. The minimum Gasteiger partial charge on any atom is -0.455 e. The zero-order valence-electron chi connectivity index (χ0n) is 32.0. The van der Waals surface area contributed by atoms with Gasteiger partial charge in [-0.25, -0.2) is 0 Å². The van der Waals surface area contributed by atoms with E-state index < -0.39 is 0 Å². The summed E-state index contributed by atoms with van der Waals surface area (Å²) in [6.45, 7) is 7.04. The van der Waals surface area contributed by atoms with Gasteiger partial charge in [-0.15, -0.1) is 0 Å². The van der Waals surface area contributed by atoms with Gasteiger partial charge in [0.1, 0.15) is 11.2 Å². The third-order valence-corrected chi connectivity index (χ3v) is 12.2. The number of nitrogens with one attached hydrogen (secondary N) is 1. The smallest absolute Gasteiger partial charge is 0.143 e. The second-order valence-electron chi connectivity index (χ2n) is 15.4. The highest BCUT2D eigenvalue weighted by atomic mass is 16.3. The summed E-state index contributed by atoms with van der Waals surface area (Å²) in [6.07, 6.45) is 0.897. The van der Waals surface area contributed by atoms with E-state index in [0.29, 0.717) is 0 Å². The molecule has 56 heavy (non-hydrogen) atoms. The fourth-order valence-electron chi connectivity index (χ4n) is 9.14. The molecule has 10 rings (SSSR count). The van der Waals surface area contributed by atoms with Crippen molar-refractivity contribution in [1.82, 2.24) is 5.32 Å². The maximum atomic E-state index is 6.78. The molecule has 8 aromatic carbocycles. The quantitative estimate of drug-likeness (QED) is 0.191. The fourth-order valence-corrected chi connectivity index (χ4v) is 9.14. The number of fused-ring (bicyclic) bond motifs is 5. The van der Waals surface area contributed by atoms with Crippen LogP contribution in [0.4, 0.5) is 0 Å². The van der Waals surface area contributed by atoms with Crippen molar-refractivity contribution in [2.45, 2.75) is 33.2 Å². The fraction of sp³-hybridized carbons (Fsp3) is 0.111. The van der Waals surface area contributed by atoms with E-state index in [4.69, 9.17) is 4.42 Å². The second kappa shape index (κ2) is 13.9. The van der Waals surface area contributed by atoms with Crippen LogP contribution in [0.3, 0.4) is 0 Å². The van der Waals surface area contributed by atoms with Crippen molar-refractivity contribution in [1.29, 1.82) is 0 Å². The summed E-state index contributed by atoms with van der Waals surface area (Å²) in [4.78, 5) is 0. The van der Waals surface area contributed by atoms with Crippen LogP contribution in [-0.2, 0) is 0 Å². The topological polar surface area (TPSA) is 25.2 Å². The normalized spacial score (nSPS) is 19.0. The van der Waals surface area contributed by atoms with Crippen molar-refractivity contribution in [3.63, 3.8) is 0 Å². The van der Waals surface area contributed by atoms with Gasteiger partial charge in [0.25, 0.3) is 0 Å². The molecule has 1 aliphatic rings. The molecule has 9 aromatic rings. The molecule has 0 aliphatic carbocycles. The molecule has 2 unspecified atom stereocenters. The Hall–Kier alpha value is -6.64. The average molecular weight is 722 g/mol. The van der Waals surface area contributed by atoms with Crippen LogP contribution < -0.4 is 5.32 Å². The van der Waals surface area contributed by atoms with Crippen molar-refractivity contribution in [2.24, 2.45) is 5.92 Å². The zero-order chi connectivity index (χ0) is 37.8. The highest BCUT2D eigenvalue weighted by Gasteiger charge is 2.29. The summed E-state index contributed by atoms with van der Waals surface area (Å²) in [5.41, 5.74) is 15.7. The summed E-state index contributed by atoms with van der Waals surface area (Å²) in [5.74, 6) is 0.219. The molecule has 2 atom stereocenters. The SMILES string of the molecule is C/C1=C(\c2ccccc2)NC(c2ccc(-c3ccc(-c4ccc5ccccc5c4)c4oc5ccccc5c34)c3ccccc23)C(C)/C(C)=C(/c2ccccc2)C1. The first-order valence-corrected chi connectivity index (χ1v) is 19.8. The molecular formula is C54H43NO. The predicted octanol–water partition coefficient (Wildman–Crippen LogP) is 14.8. The summed E-state index contributed by atoms with van der Waals surface area (Å²) in [5, 5.41) is 11.4. The highest BCUT2D eigenvalue weighted by molar-refractivity contribution is 6.18. The highest BCUT2D eigenvalue weighted by Crippen LogP contribution is 2.46. The molecular weight excluding hydrogens is 679 g/mol. The van der Waals surface area contributed by atoms with Gasteiger partial charge in [0.05, 0.1) is 6.04 Å². The molecule has 270 valence electrons. The predicted molar refractivity (Wildman–Crippen MR) is 237 cm³/mol. The third kappa shape index (κ3) is 5.72. The number of benzene rings is 8. The van der Waals surface area contributed by atoms with Crippen LogP contribution >= 0.6 is 0 Å². The van der Waals surface area contributed by atoms with Gasteiger partial charge in [0.2, 0.25) is 0 Å². The van der Waals surface area contributed by atoms with E-state index >= 15 is 0 Å². The van der Waals surface area contributed by atoms with Gasteiger partial charge in [-0.2, -0.15) is 0 Å². The standard InChI is InChI=1S/C54H43NO/c1-34-32-49(38-17-6-4-7-18-38)35(2)36(3)53(55-52(34)39-19-8-5-9-20-39)47-31-29-45(43-22-12-13-23-44(43)47)46-30-28-42(41-27-26-37-16-10-11-21-40(37)33-41)54-51(46)48-24-14-15-25-50(48)56-54/h4-31,33,36,53,55H,32H2,1-3H3/b49-35+,52-34-. The molecule has 0 spiro atoms. The lowest BCUT2D eigenvalue weighted by atomic mass is 9.79. The van der Waals surface area contributed by atoms with E-state index in [0.717, 1.165) is 39.5 Å². The van der Waals surface area contributed by atoms with E-state index in [1.807, 2.05) is 0 Å². The van der Waals surface area contributed by atoms with Gasteiger partial charge in [0, 0.05) is 28.0 Å². The van der Waals surface area contributed by atoms with Gasteiger partial charge < -0.3 is 9.73 Å². The van der Waals surface area contributed by atoms with E-state index in [1.165, 1.54) is 71.8 Å². The molecule has 1 aliphatic heterocycles. The number of rotatable bonds is 5. The molecule has 2 heterocycles. The molecule has 0 saturated heterocycles. The first-order chi connectivity index (χ1) is 27.5. The van der Waals surface area contributed by atoms with Crippen LogP contribution in [0.2, 0.25) is 0 Å². The number of hydrogen-bond acceptors (Lipinski definition) is 2. The van der Waals surface area contributed by atoms with Gasteiger partial charge in [-0.1, -0.05) is 170 Å². The summed E-state index contributed by atoms with van der Waals surface area (Å²) < 4.78 is 6.78. The van der Waals surface area contributed by atoms with Crippen LogP contribution in [0.1, 0.15) is 49.9 Å². The van der Waals surface area contributed by atoms with Crippen LogP contribution in [0.15, 0.2) is 191 Å². The lowest BCUT2D eigenvalue weighted by Gasteiger charge is -2.34. The molecule has 0 saturated carbocycles. The van der Waals surface area contributed by atoms with Crippen LogP contribution in [0, 0.1) is 5.92 Å². The van der Waals surface area contributed by atoms with Crippen molar-refractivity contribution < 1.29 is 4.42 Å². The first kappa shape index (κ1) is 33.9. The molecule has 0 radical (unpaired) electrons. The molecule has 0 fully saturated rings. The lowest BCUT2D eigenvalue weighted by molar-refractivity contribution is 0.485. The Morgan fingerprint density at radius 3 is 1.93 bits per heavy atom. The number of hydrogen-bond donors (Lipinski definition) is 1. The number of furan rings is 1. The van der Waals surface area contributed by atoms with E-state index in [2.05, 4.69) is 202 Å². The largest absolute Gasteiger partial charge is 0.455 e. The first-order valence-electron chi connectivity index (χ1n) is 19.8. The van der Waals surface area contributed by atoms with Gasteiger partial charge in [-0.3, -0.25) is 0 Å². The molecule has 1 aromatic heterocycles. The summed E-state index contributed by atoms with van der Waals surface area (Å²) >= 11 is 0. The van der Waals surface area contributed by atoms with Crippen LogP contribution in [0.25, 0.3) is 77.0 Å². The maximum Gasteiger partial charge on any atom is 0.143 e. The monoisotopic (exact) mass is 721 g/mol. The molecule has 0 amide bonds. The van der Waals surface area contributed by atoms with Gasteiger partial charge in [-0.05, 0) is 105 Å². The van der Waals surface area contributed by atoms with Crippen LogP contribution in [0.5, 0.6) is 0 Å². The Kier molecular flexibility index (Phi) is 8.41. The van der Waals surface area contributed by atoms with Crippen molar-refractivity contribution in [3.8, 4) is 22.3 Å². The third-order valence-electron chi connectivity index (χ3n) is 12.2. The van der Waals surface area contributed by atoms with Crippen molar-refractivity contribution >= 4 is 54.8 Å². The minimum absolute atomic E-state index is 0.0307. The van der Waals surface area contributed by atoms with Crippen molar-refractivity contribution in [3.05, 3.63) is 204 Å². The molecule has 2 nitrogen and oxygen atoms in total. The van der Waals surface area contributed by atoms with E-state index in [9.17, 15) is 0 Å². The Balaban J connectivity index is 1.17. The van der Waals surface area contributed by atoms with E-state index in [-0.39, 0.29) is 12.0 Å². The molecule has 2 heteroatoms. The maximum absolute atomic E-state index is 6.78. The Morgan fingerprint density at radius 2 is 1.14 bits per heavy atom. The van der Waals surface area contributed by atoms with Gasteiger partial charge >= 0.3 is 0 Å². The molecule has 1 N–H and O–H groups in total.